The maximum absolute atomic E-state index is 6.16. The van der Waals surface area contributed by atoms with E-state index in [1.165, 1.54) is 12.8 Å². The minimum absolute atomic E-state index is 0.309. The van der Waals surface area contributed by atoms with Crippen molar-refractivity contribution in [3.05, 3.63) is 0 Å². The van der Waals surface area contributed by atoms with E-state index in [1.807, 2.05) is 7.05 Å². The molecular formula is C8H14ClN5. The summed E-state index contributed by atoms with van der Waals surface area (Å²) < 4.78 is 1.62. The van der Waals surface area contributed by atoms with Crippen LogP contribution in [0.25, 0.3) is 0 Å². The largest absolute Gasteiger partial charge is 0.353 e. The summed E-state index contributed by atoms with van der Waals surface area (Å²) in [5.74, 6) is 1.26. The first kappa shape index (κ1) is 9.71. The fourth-order valence-corrected chi connectivity index (χ4v) is 2.19. The number of aryl methyl sites for hydroxylation is 1. The maximum atomic E-state index is 6.16. The predicted octanol–water partition coefficient (Wildman–Crippen LogP) is 1.03. The smallest absolute Gasteiger partial charge is 0.242 e. The average Bonchev–Trinajstić information content (AvgIpc) is 2.72. The topological polar surface area (TPSA) is 55.6 Å². The zero-order valence-corrected chi connectivity index (χ0v) is 8.91. The van der Waals surface area contributed by atoms with Crippen LogP contribution in [0, 0.1) is 5.92 Å². The Bertz CT molecular complexity index is 300. The first-order valence-corrected chi connectivity index (χ1v) is 5.31. The van der Waals surface area contributed by atoms with Gasteiger partial charge in [-0.1, -0.05) is 11.5 Å². The van der Waals surface area contributed by atoms with Crippen molar-refractivity contribution in [2.24, 2.45) is 13.0 Å². The van der Waals surface area contributed by atoms with Crippen molar-refractivity contribution in [1.29, 1.82) is 0 Å². The number of tetrazole rings is 1. The molecule has 1 saturated carbocycles. The first-order valence-electron chi connectivity index (χ1n) is 4.87. The monoisotopic (exact) mass is 215 g/mol. The molecule has 1 aliphatic rings. The summed E-state index contributed by atoms with van der Waals surface area (Å²) in [6.45, 7) is 0.863. The minimum Gasteiger partial charge on any atom is -0.353 e. The van der Waals surface area contributed by atoms with Crippen LogP contribution in [-0.4, -0.2) is 32.1 Å². The third-order valence-electron chi connectivity index (χ3n) is 2.71. The lowest BCUT2D eigenvalue weighted by atomic mass is 10.1. The average molecular weight is 216 g/mol. The molecule has 0 radical (unpaired) electrons. The molecule has 1 aromatic rings. The number of nitrogens with one attached hydrogen (secondary N) is 1. The number of hydrogen-bond donors (Lipinski definition) is 1. The number of hydrogen-bond acceptors (Lipinski definition) is 4. The molecule has 1 fully saturated rings. The van der Waals surface area contributed by atoms with Crippen LogP contribution >= 0.6 is 11.6 Å². The van der Waals surface area contributed by atoms with Gasteiger partial charge < -0.3 is 5.32 Å². The van der Waals surface area contributed by atoms with E-state index in [1.54, 1.807) is 4.68 Å². The van der Waals surface area contributed by atoms with E-state index in [0.717, 1.165) is 13.0 Å². The van der Waals surface area contributed by atoms with Crippen LogP contribution in [-0.2, 0) is 7.05 Å². The molecule has 0 spiro atoms. The molecule has 1 aliphatic carbocycles. The lowest BCUT2D eigenvalue weighted by molar-refractivity contribution is 0.581. The second-order valence-corrected chi connectivity index (χ2v) is 4.27. The van der Waals surface area contributed by atoms with Gasteiger partial charge in [0.2, 0.25) is 5.95 Å². The van der Waals surface area contributed by atoms with Gasteiger partial charge in [0.05, 0.1) is 0 Å². The highest BCUT2D eigenvalue weighted by Gasteiger charge is 2.25. The van der Waals surface area contributed by atoms with Crippen molar-refractivity contribution in [2.45, 2.75) is 24.6 Å². The molecule has 0 amide bonds. The van der Waals surface area contributed by atoms with Gasteiger partial charge in [0.1, 0.15) is 0 Å². The molecule has 1 N–H and O–H groups in total. The van der Waals surface area contributed by atoms with E-state index in [2.05, 4.69) is 20.8 Å². The van der Waals surface area contributed by atoms with Crippen LogP contribution in [0.1, 0.15) is 19.3 Å². The fraction of sp³-hybridized carbons (Fsp3) is 0.875. The third kappa shape index (κ3) is 1.97. The van der Waals surface area contributed by atoms with Crippen molar-refractivity contribution < 1.29 is 0 Å². The zero-order chi connectivity index (χ0) is 9.97. The zero-order valence-electron chi connectivity index (χ0n) is 8.15. The van der Waals surface area contributed by atoms with Crippen LogP contribution in [0.5, 0.6) is 0 Å². The molecular weight excluding hydrogens is 202 g/mol. The Morgan fingerprint density at radius 3 is 3.00 bits per heavy atom. The van der Waals surface area contributed by atoms with Crippen molar-refractivity contribution in [3.63, 3.8) is 0 Å². The molecule has 2 rings (SSSR count). The third-order valence-corrected chi connectivity index (χ3v) is 3.28. The molecule has 0 aromatic carbocycles. The van der Waals surface area contributed by atoms with E-state index >= 15 is 0 Å². The summed E-state index contributed by atoms with van der Waals surface area (Å²) in [5.41, 5.74) is 0. The van der Waals surface area contributed by atoms with E-state index < -0.39 is 0 Å². The molecule has 5 nitrogen and oxygen atoms in total. The van der Waals surface area contributed by atoms with Crippen molar-refractivity contribution in [3.8, 4) is 0 Å². The van der Waals surface area contributed by atoms with Crippen LogP contribution < -0.4 is 5.32 Å². The van der Waals surface area contributed by atoms with Gasteiger partial charge in [-0.3, -0.25) is 0 Å². The molecule has 6 heteroatoms. The molecule has 78 valence electrons. The standard InChI is InChI=1S/C8H14ClN5/c1-14-8(11-12-13-14)10-5-6-3-2-4-7(6)9/h6-7H,2-5H2,1H3,(H,10,11,13). The second-order valence-electron chi connectivity index (χ2n) is 3.71. The summed E-state index contributed by atoms with van der Waals surface area (Å²) in [6.07, 6.45) is 3.56. The number of anilines is 1. The Kier molecular flexibility index (Phi) is 2.86. The normalized spacial score (nSPS) is 26.7. The van der Waals surface area contributed by atoms with Gasteiger partial charge in [-0.05, 0) is 29.2 Å². The summed E-state index contributed by atoms with van der Waals surface area (Å²) >= 11 is 6.16. The summed E-state index contributed by atoms with van der Waals surface area (Å²) in [5, 5.41) is 14.7. The van der Waals surface area contributed by atoms with Crippen LogP contribution in [0.3, 0.4) is 0 Å². The van der Waals surface area contributed by atoms with Gasteiger partial charge in [0, 0.05) is 19.0 Å². The van der Waals surface area contributed by atoms with Crippen LogP contribution in [0.2, 0.25) is 0 Å². The van der Waals surface area contributed by atoms with Gasteiger partial charge in [0.15, 0.2) is 0 Å². The predicted molar refractivity (Wildman–Crippen MR) is 54.3 cm³/mol. The highest BCUT2D eigenvalue weighted by atomic mass is 35.5. The Labute approximate surface area is 87.8 Å². The molecule has 2 atom stereocenters. The Hall–Kier alpha value is -0.840. The minimum atomic E-state index is 0.309. The van der Waals surface area contributed by atoms with Gasteiger partial charge in [0.25, 0.3) is 0 Å². The van der Waals surface area contributed by atoms with Crippen molar-refractivity contribution in [1.82, 2.24) is 20.2 Å². The number of rotatable bonds is 3. The van der Waals surface area contributed by atoms with Gasteiger partial charge >= 0.3 is 0 Å². The number of nitrogens with zero attached hydrogens (tertiary/aromatic N) is 4. The molecule has 14 heavy (non-hydrogen) atoms. The lowest BCUT2D eigenvalue weighted by Crippen LogP contribution is -2.20. The molecule has 1 aromatic heterocycles. The highest BCUT2D eigenvalue weighted by Crippen LogP contribution is 2.29. The Balaban J connectivity index is 1.85. The molecule has 0 saturated heterocycles. The Morgan fingerprint density at radius 1 is 1.57 bits per heavy atom. The van der Waals surface area contributed by atoms with E-state index in [4.69, 9.17) is 11.6 Å². The fourth-order valence-electron chi connectivity index (χ4n) is 1.82. The van der Waals surface area contributed by atoms with Gasteiger partial charge in [-0.2, -0.15) is 0 Å². The van der Waals surface area contributed by atoms with Crippen LogP contribution in [0.4, 0.5) is 5.95 Å². The maximum Gasteiger partial charge on any atom is 0.242 e. The van der Waals surface area contributed by atoms with E-state index in [9.17, 15) is 0 Å². The SMILES string of the molecule is Cn1nnnc1NCC1CCCC1Cl. The van der Waals surface area contributed by atoms with E-state index in [-0.39, 0.29) is 0 Å². The number of alkyl halides is 1. The van der Waals surface area contributed by atoms with Crippen LogP contribution in [0.15, 0.2) is 0 Å². The molecule has 2 unspecified atom stereocenters. The van der Waals surface area contributed by atoms with Gasteiger partial charge in [-0.15, -0.1) is 11.6 Å². The summed E-state index contributed by atoms with van der Waals surface area (Å²) in [4.78, 5) is 0. The quantitative estimate of drug-likeness (QED) is 0.766. The summed E-state index contributed by atoms with van der Waals surface area (Å²) in [7, 11) is 1.81. The van der Waals surface area contributed by atoms with Crippen molar-refractivity contribution >= 4 is 17.5 Å². The Morgan fingerprint density at radius 2 is 2.43 bits per heavy atom. The van der Waals surface area contributed by atoms with E-state index in [0.29, 0.717) is 17.2 Å². The molecule has 0 bridgehead atoms. The van der Waals surface area contributed by atoms with Crippen molar-refractivity contribution in [2.75, 3.05) is 11.9 Å². The van der Waals surface area contributed by atoms with Gasteiger partial charge in [-0.25, -0.2) is 4.68 Å². The molecule has 1 heterocycles. The lowest BCUT2D eigenvalue weighted by Gasteiger charge is -2.13. The number of halogens is 1. The first-order chi connectivity index (χ1) is 6.77. The second kappa shape index (κ2) is 4.13. The highest BCUT2D eigenvalue weighted by molar-refractivity contribution is 6.20. The number of aromatic nitrogens is 4. The summed E-state index contributed by atoms with van der Waals surface area (Å²) in [6, 6.07) is 0. The molecule has 0 aliphatic heterocycles.